The first-order valence-electron chi connectivity index (χ1n) is 8.73. The lowest BCUT2D eigenvalue weighted by Crippen LogP contribution is -2.52. The first-order valence-corrected chi connectivity index (χ1v) is 8.73. The molecule has 0 aromatic rings. The van der Waals surface area contributed by atoms with Crippen LogP contribution in [0.3, 0.4) is 0 Å². The van der Waals surface area contributed by atoms with Crippen LogP contribution in [0.5, 0.6) is 0 Å². The fourth-order valence-corrected chi connectivity index (χ4v) is 3.26. The Morgan fingerprint density at radius 3 is 1.70 bits per heavy atom. The molecule has 2 aliphatic rings. The van der Waals surface area contributed by atoms with Gasteiger partial charge in [-0.25, -0.2) is 4.99 Å². The van der Waals surface area contributed by atoms with Gasteiger partial charge in [0, 0.05) is 26.2 Å². The molecule has 0 saturated carbocycles. The summed E-state index contributed by atoms with van der Waals surface area (Å²) >= 11 is 0. The summed E-state index contributed by atoms with van der Waals surface area (Å²) in [6.07, 6.45) is -1.45. The number of aliphatic imine (C=N–C) groups is 1. The quantitative estimate of drug-likeness (QED) is 0.490. The smallest absolute Gasteiger partial charge is 0.343 e. The number of hydrogen-bond acceptors (Lipinski definition) is 1. The largest absolute Gasteiger partial charge is 0.391 e. The minimum absolute atomic E-state index is 0.177. The number of hydrogen-bond donors (Lipinski definition) is 0. The first-order chi connectivity index (χ1) is 10.6. The number of alkyl halides is 3. The van der Waals surface area contributed by atoms with Crippen LogP contribution in [0.25, 0.3) is 0 Å². The molecule has 2 fully saturated rings. The summed E-state index contributed by atoms with van der Waals surface area (Å²) in [6.45, 7) is 11.2. The van der Waals surface area contributed by atoms with Crippen LogP contribution >= 0.6 is 0 Å². The average Bonchev–Trinajstić information content (AvgIpc) is 2.44. The van der Waals surface area contributed by atoms with Crippen LogP contribution in [0.15, 0.2) is 4.99 Å². The number of nitrogens with zero attached hydrogens (tertiary/aromatic N) is 3. The molecule has 6 heteroatoms. The van der Waals surface area contributed by atoms with Crippen molar-refractivity contribution in [3.63, 3.8) is 0 Å². The van der Waals surface area contributed by atoms with Gasteiger partial charge >= 0.3 is 6.18 Å². The Hall–Kier alpha value is -0.940. The van der Waals surface area contributed by atoms with Gasteiger partial charge in [0.25, 0.3) is 0 Å². The minimum atomic E-state index is -4.06. The lowest BCUT2D eigenvalue weighted by molar-refractivity contribution is -0.183. The number of rotatable bonds is 0. The van der Waals surface area contributed by atoms with E-state index < -0.39 is 12.1 Å². The summed E-state index contributed by atoms with van der Waals surface area (Å²) in [7, 11) is 0. The third-order valence-electron chi connectivity index (χ3n) is 4.74. The summed E-state index contributed by atoms with van der Waals surface area (Å²) in [5.41, 5.74) is -0.223. The highest BCUT2D eigenvalue weighted by molar-refractivity contribution is 5.80. The second-order valence-electron chi connectivity index (χ2n) is 8.06. The summed E-state index contributed by atoms with van der Waals surface area (Å²) in [4.78, 5) is 9.21. The summed E-state index contributed by atoms with van der Waals surface area (Å²) < 4.78 is 38.6. The first kappa shape index (κ1) is 18.4. The molecule has 134 valence electrons. The zero-order valence-electron chi connectivity index (χ0n) is 14.8. The third-order valence-corrected chi connectivity index (χ3v) is 4.74. The van der Waals surface area contributed by atoms with E-state index in [0.717, 1.165) is 37.8 Å². The highest BCUT2D eigenvalue weighted by Gasteiger charge is 2.42. The van der Waals surface area contributed by atoms with Crippen molar-refractivity contribution in [3.8, 4) is 0 Å². The Balaban J connectivity index is 2.09. The molecular formula is C17H30F3N3. The van der Waals surface area contributed by atoms with E-state index in [1.165, 1.54) is 0 Å². The molecule has 0 N–H and O–H groups in total. The molecule has 0 unspecified atom stereocenters. The topological polar surface area (TPSA) is 18.8 Å². The predicted molar refractivity (Wildman–Crippen MR) is 87.5 cm³/mol. The van der Waals surface area contributed by atoms with Gasteiger partial charge < -0.3 is 9.80 Å². The molecule has 0 bridgehead atoms. The molecule has 0 spiro atoms. The number of likely N-dealkylation sites (tertiary alicyclic amines) is 2. The van der Waals surface area contributed by atoms with Crippen molar-refractivity contribution in [1.82, 2.24) is 9.80 Å². The standard InChI is InChI=1S/C17H30F3N3/c1-13-5-9-22(10-6-13)15(21-16(2,3)4)23-11-7-14(8-12-23)17(18,19)20/h13-14H,5-12H2,1-4H3. The zero-order valence-corrected chi connectivity index (χ0v) is 14.8. The van der Waals surface area contributed by atoms with E-state index in [0.29, 0.717) is 13.1 Å². The van der Waals surface area contributed by atoms with Crippen LogP contribution in [0.2, 0.25) is 0 Å². The van der Waals surface area contributed by atoms with Crippen molar-refractivity contribution in [3.05, 3.63) is 0 Å². The van der Waals surface area contributed by atoms with Gasteiger partial charge in [-0.15, -0.1) is 0 Å². The maximum atomic E-state index is 12.9. The number of guanidine groups is 1. The summed E-state index contributed by atoms with van der Waals surface area (Å²) in [6, 6.07) is 0. The second-order valence-corrected chi connectivity index (χ2v) is 8.06. The average molecular weight is 333 g/mol. The van der Waals surface area contributed by atoms with Gasteiger partial charge in [0.2, 0.25) is 0 Å². The molecule has 0 radical (unpaired) electrons. The SMILES string of the molecule is CC1CCN(C(=NC(C)(C)C)N2CCC(C(F)(F)F)CC2)CC1. The Morgan fingerprint density at radius 2 is 1.30 bits per heavy atom. The molecule has 23 heavy (non-hydrogen) atoms. The number of piperidine rings is 2. The van der Waals surface area contributed by atoms with E-state index in [9.17, 15) is 13.2 Å². The van der Waals surface area contributed by atoms with Crippen LogP contribution in [0.4, 0.5) is 13.2 Å². The predicted octanol–water partition coefficient (Wildman–Crippen LogP) is 4.15. The minimum Gasteiger partial charge on any atom is -0.343 e. The van der Waals surface area contributed by atoms with Crippen molar-refractivity contribution in [1.29, 1.82) is 0 Å². The Bertz CT molecular complexity index is 410. The molecule has 0 atom stereocenters. The lowest BCUT2D eigenvalue weighted by Gasteiger charge is -2.42. The second kappa shape index (κ2) is 6.89. The van der Waals surface area contributed by atoms with Crippen LogP contribution in [-0.4, -0.2) is 53.7 Å². The molecule has 2 rings (SSSR count). The summed E-state index contributed by atoms with van der Waals surface area (Å²) in [5.74, 6) is 0.471. The van der Waals surface area contributed by atoms with Crippen molar-refractivity contribution in [2.45, 2.75) is 65.1 Å². The highest BCUT2D eigenvalue weighted by atomic mass is 19.4. The molecule has 2 aliphatic heterocycles. The fourth-order valence-electron chi connectivity index (χ4n) is 3.26. The molecular weight excluding hydrogens is 303 g/mol. The Labute approximate surface area is 137 Å². The molecule has 0 aromatic heterocycles. The monoisotopic (exact) mass is 333 g/mol. The van der Waals surface area contributed by atoms with E-state index in [-0.39, 0.29) is 18.4 Å². The Kier molecular flexibility index (Phi) is 5.52. The highest BCUT2D eigenvalue weighted by Crippen LogP contribution is 2.34. The van der Waals surface area contributed by atoms with Gasteiger partial charge in [-0.2, -0.15) is 13.2 Å². The molecule has 2 heterocycles. The van der Waals surface area contributed by atoms with Crippen LogP contribution in [0.1, 0.15) is 53.4 Å². The van der Waals surface area contributed by atoms with Crippen molar-refractivity contribution in [2.75, 3.05) is 26.2 Å². The van der Waals surface area contributed by atoms with E-state index in [1.54, 1.807) is 0 Å². The van der Waals surface area contributed by atoms with Crippen LogP contribution in [0, 0.1) is 11.8 Å². The van der Waals surface area contributed by atoms with Crippen LogP contribution < -0.4 is 0 Å². The van der Waals surface area contributed by atoms with Gasteiger partial charge in [0.05, 0.1) is 11.5 Å². The van der Waals surface area contributed by atoms with Crippen molar-refractivity contribution in [2.24, 2.45) is 16.8 Å². The van der Waals surface area contributed by atoms with E-state index in [4.69, 9.17) is 4.99 Å². The Morgan fingerprint density at radius 1 is 0.870 bits per heavy atom. The maximum Gasteiger partial charge on any atom is 0.391 e. The summed E-state index contributed by atoms with van der Waals surface area (Å²) in [5, 5.41) is 0. The zero-order chi connectivity index (χ0) is 17.3. The number of halogens is 3. The molecule has 0 aliphatic carbocycles. The van der Waals surface area contributed by atoms with E-state index in [2.05, 4.69) is 16.7 Å². The van der Waals surface area contributed by atoms with Gasteiger partial charge in [0.15, 0.2) is 5.96 Å². The normalized spacial score (nSPS) is 23.5. The van der Waals surface area contributed by atoms with Crippen molar-refractivity contribution >= 4 is 5.96 Å². The van der Waals surface area contributed by atoms with Gasteiger partial charge in [-0.3, -0.25) is 0 Å². The molecule has 0 amide bonds. The maximum absolute atomic E-state index is 12.9. The molecule has 2 saturated heterocycles. The van der Waals surface area contributed by atoms with E-state index >= 15 is 0 Å². The molecule has 3 nitrogen and oxygen atoms in total. The third kappa shape index (κ3) is 5.28. The van der Waals surface area contributed by atoms with Gasteiger partial charge in [-0.1, -0.05) is 6.92 Å². The molecule has 0 aromatic carbocycles. The van der Waals surface area contributed by atoms with Crippen molar-refractivity contribution < 1.29 is 13.2 Å². The van der Waals surface area contributed by atoms with E-state index in [1.807, 2.05) is 20.8 Å². The lowest BCUT2D eigenvalue weighted by atomic mass is 9.96. The fraction of sp³-hybridized carbons (Fsp3) is 0.941. The van der Waals surface area contributed by atoms with Gasteiger partial charge in [0.1, 0.15) is 0 Å². The van der Waals surface area contributed by atoms with Crippen LogP contribution in [-0.2, 0) is 0 Å². The van der Waals surface area contributed by atoms with Gasteiger partial charge in [-0.05, 0) is 52.4 Å².